The van der Waals surface area contributed by atoms with Crippen molar-refractivity contribution >= 4 is 21.8 Å². The summed E-state index contributed by atoms with van der Waals surface area (Å²) in [5.74, 6) is 1.66. The molecule has 0 saturated carbocycles. The predicted octanol–water partition coefficient (Wildman–Crippen LogP) is 1.79. The lowest BCUT2D eigenvalue weighted by Crippen LogP contribution is -2.49. The molecule has 2 rings (SSSR count). The molecule has 0 spiro atoms. The van der Waals surface area contributed by atoms with Crippen molar-refractivity contribution in [2.24, 2.45) is 0 Å². The Balaban J connectivity index is 2.16. The van der Waals surface area contributed by atoms with Gasteiger partial charge in [0.25, 0.3) is 0 Å². The molecule has 1 aliphatic rings. The Hall–Kier alpha value is -2.27. The molecule has 0 aliphatic carbocycles. The Morgan fingerprint density at radius 3 is 2.42 bits per heavy atom. The third-order valence-electron chi connectivity index (χ3n) is 4.40. The molecule has 1 aromatic rings. The number of nitrogens with zero attached hydrogens (tertiary/aromatic N) is 2. The fraction of sp³-hybridized carbons (Fsp3) is 0.556. The maximum Gasteiger partial charge on any atom is 0.328 e. The topological polar surface area (TPSA) is 85.7 Å². The number of ether oxygens (including phenoxy) is 1. The highest BCUT2D eigenvalue weighted by Gasteiger charge is 2.47. The van der Waals surface area contributed by atoms with Crippen molar-refractivity contribution in [1.82, 2.24) is 9.47 Å². The van der Waals surface area contributed by atoms with E-state index in [1.54, 1.807) is 33.0 Å². The van der Waals surface area contributed by atoms with Gasteiger partial charge in [-0.2, -0.15) is 0 Å². The molecule has 7 nitrogen and oxygen atoms in total. The largest absolute Gasteiger partial charge is 0.459 e. The van der Waals surface area contributed by atoms with Crippen molar-refractivity contribution in [3.05, 3.63) is 23.5 Å². The molecule has 0 N–H and O–H groups in total. The summed E-state index contributed by atoms with van der Waals surface area (Å²) in [6.07, 6.45) is 7.85. The van der Waals surface area contributed by atoms with Crippen LogP contribution >= 0.6 is 0 Å². The van der Waals surface area contributed by atoms with E-state index in [-0.39, 0.29) is 19.0 Å². The average molecular weight is 380 g/mol. The number of terminal acetylenes is 1. The van der Waals surface area contributed by atoms with Crippen molar-refractivity contribution in [2.45, 2.75) is 51.0 Å². The van der Waals surface area contributed by atoms with Crippen LogP contribution in [0.25, 0.3) is 0 Å². The second-order valence-corrected chi connectivity index (χ2v) is 10.1. The molecule has 142 valence electrons. The Morgan fingerprint density at radius 2 is 1.96 bits per heavy atom. The van der Waals surface area contributed by atoms with Gasteiger partial charge in [0.1, 0.15) is 5.60 Å². The minimum Gasteiger partial charge on any atom is -0.459 e. The standard InChI is InChI=1S/C18H24N2O5S/c1-7-13-10-14-12-19(16(22)20(14)11-13)9-8-18(5,26(6,23)24)15(21)25-17(2,3)4/h1,10-11H,8-9,12H2,2-6H3/t18-/m1/s1. The van der Waals surface area contributed by atoms with Gasteiger partial charge >= 0.3 is 12.0 Å². The maximum absolute atomic E-state index is 12.5. The number of aromatic nitrogens is 1. The summed E-state index contributed by atoms with van der Waals surface area (Å²) >= 11 is 0. The molecule has 2 heterocycles. The van der Waals surface area contributed by atoms with Gasteiger partial charge < -0.3 is 9.64 Å². The molecular formula is C18H24N2O5S. The second-order valence-electron chi connectivity index (χ2n) is 7.69. The fourth-order valence-electron chi connectivity index (χ4n) is 2.65. The van der Waals surface area contributed by atoms with E-state index < -0.39 is 26.2 Å². The van der Waals surface area contributed by atoms with Gasteiger partial charge in [-0.3, -0.25) is 9.36 Å². The first-order valence-electron chi connectivity index (χ1n) is 8.19. The number of fused-ring (bicyclic) bond motifs is 1. The smallest absolute Gasteiger partial charge is 0.328 e. The van der Waals surface area contributed by atoms with Gasteiger partial charge in [-0.25, -0.2) is 13.2 Å². The summed E-state index contributed by atoms with van der Waals surface area (Å²) < 4.78 is 29.6. The molecule has 1 amide bonds. The molecule has 0 unspecified atom stereocenters. The molecule has 0 saturated heterocycles. The monoisotopic (exact) mass is 380 g/mol. The highest BCUT2D eigenvalue weighted by molar-refractivity contribution is 7.92. The van der Waals surface area contributed by atoms with Gasteiger partial charge in [-0.1, -0.05) is 5.92 Å². The Morgan fingerprint density at radius 1 is 1.35 bits per heavy atom. The number of hydrogen-bond acceptors (Lipinski definition) is 5. The highest BCUT2D eigenvalue weighted by Crippen LogP contribution is 2.28. The van der Waals surface area contributed by atoms with E-state index >= 15 is 0 Å². The van der Waals surface area contributed by atoms with Crippen molar-refractivity contribution in [2.75, 3.05) is 12.8 Å². The Kier molecular flexibility index (Phi) is 4.99. The van der Waals surface area contributed by atoms with E-state index in [1.807, 2.05) is 0 Å². The molecule has 1 aromatic heterocycles. The van der Waals surface area contributed by atoms with Crippen LogP contribution in [0, 0.1) is 12.3 Å². The van der Waals surface area contributed by atoms with Gasteiger partial charge in [0.2, 0.25) is 0 Å². The molecule has 1 aliphatic heterocycles. The molecular weight excluding hydrogens is 356 g/mol. The van der Waals surface area contributed by atoms with Crippen LogP contribution in [-0.2, 0) is 25.9 Å². The highest BCUT2D eigenvalue weighted by atomic mass is 32.2. The minimum absolute atomic E-state index is 0.0562. The molecule has 8 heteroatoms. The number of carbonyl (C=O) groups excluding carboxylic acids is 2. The zero-order chi connectivity index (χ0) is 19.9. The summed E-state index contributed by atoms with van der Waals surface area (Å²) in [6, 6.07) is 1.45. The van der Waals surface area contributed by atoms with Crippen molar-refractivity contribution < 1.29 is 22.7 Å². The lowest BCUT2D eigenvalue weighted by Gasteiger charge is -2.31. The van der Waals surface area contributed by atoms with Crippen molar-refractivity contribution in [3.8, 4) is 12.3 Å². The minimum atomic E-state index is -3.76. The number of carbonyl (C=O) groups is 2. The number of rotatable bonds is 5. The summed E-state index contributed by atoms with van der Waals surface area (Å²) in [5, 5.41) is 0. The van der Waals surface area contributed by atoms with Crippen LogP contribution in [-0.4, -0.2) is 53.0 Å². The maximum atomic E-state index is 12.5. The second kappa shape index (κ2) is 6.47. The van der Waals surface area contributed by atoms with E-state index in [2.05, 4.69) is 5.92 Å². The average Bonchev–Trinajstić information content (AvgIpc) is 3.01. The molecule has 1 atom stereocenters. The van der Waals surface area contributed by atoms with Crippen LogP contribution in [0.1, 0.15) is 45.4 Å². The van der Waals surface area contributed by atoms with Crippen LogP contribution in [0.15, 0.2) is 12.3 Å². The predicted molar refractivity (Wildman–Crippen MR) is 97.3 cm³/mol. The van der Waals surface area contributed by atoms with Gasteiger partial charge in [0, 0.05) is 30.3 Å². The van der Waals surface area contributed by atoms with Gasteiger partial charge in [0.05, 0.1) is 6.54 Å². The third kappa shape index (κ3) is 3.78. The van der Waals surface area contributed by atoms with Crippen molar-refractivity contribution in [1.29, 1.82) is 0 Å². The summed E-state index contributed by atoms with van der Waals surface area (Å²) in [4.78, 5) is 26.5. The van der Waals surface area contributed by atoms with E-state index in [1.165, 1.54) is 16.4 Å². The van der Waals surface area contributed by atoms with E-state index in [0.29, 0.717) is 12.1 Å². The first-order valence-corrected chi connectivity index (χ1v) is 10.1. The first kappa shape index (κ1) is 20.0. The van der Waals surface area contributed by atoms with E-state index in [9.17, 15) is 18.0 Å². The number of hydrogen-bond donors (Lipinski definition) is 0. The van der Waals surface area contributed by atoms with Gasteiger partial charge in [0.15, 0.2) is 14.6 Å². The summed E-state index contributed by atoms with van der Waals surface area (Å²) in [5.41, 5.74) is 0.542. The van der Waals surface area contributed by atoms with Gasteiger partial charge in [-0.15, -0.1) is 6.42 Å². The quantitative estimate of drug-likeness (QED) is 0.574. The molecule has 26 heavy (non-hydrogen) atoms. The number of sulfone groups is 1. The van der Waals surface area contributed by atoms with Crippen LogP contribution in [0.2, 0.25) is 0 Å². The SMILES string of the molecule is C#Cc1cc2n(c1)C(=O)N(CC[C@](C)(C(=O)OC(C)(C)C)S(C)(=O)=O)C2. The van der Waals surface area contributed by atoms with E-state index in [4.69, 9.17) is 11.2 Å². The number of amides is 1. The third-order valence-corrected chi connectivity index (χ3v) is 6.41. The van der Waals surface area contributed by atoms with Crippen molar-refractivity contribution in [3.63, 3.8) is 0 Å². The van der Waals surface area contributed by atoms with E-state index in [0.717, 1.165) is 11.9 Å². The van der Waals surface area contributed by atoms with Crippen LogP contribution in [0.3, 0.4) is 0 Å². The number of esters is 1. The molecule has 0 aromatic carbocycles. The summed E-state index contributed by atoms with van der Waals surface area (Å²) in [7, 11) is -3.76. The zero-order valence-electron chi connectivity index (χ0n) is 15.7. The molecule has 0 radical (unpaired) electrons. The van der Waals surface area contributed by atoms with Crippen LogP contribution in [0.5, 0.6) is 0 Å². The first-order chi connectivity index (χ1) is 11.8. The normalized spacial score (nSPS) is 16.8. The lowest BCUT2D eigenvalue weighted by molar-refractivity contribution is -0.157. The Bertz CT molecular complexity index is 886. The molecule has 0 bridgehead atoms. The Labute approximate surface area is 154 Å². The lowest BCUT2D eigenvalue weighted by atomic mass is 10.1. The van der Waals surface area contributed by atoms with Crippen LogP contribution in [0.4, 0.5) is 4.79 Å². The van der Waals surface area contributed by atoms with Gasteiger partial charge in [-0.05, 0) is 40.2 Å². The zero-order valence-corrected chi connectivity index (χ0v) is 16.5. The molecule has 0 fully saturated rings. The summed E-state index contributed by atoms with van der Waals surface area (Å²) in [6.45, 7) is 6.78. The van der Waals surface area contributed by atoms with Crippen LogP contribution < -0.4 is 0 Å². The fourth-order valence-corrected chi connectivity index (χ4v) is 3.46.